The van der Waals surface area contributed by atoms with Crippen molar-refractivity contribution in [1.82, 2.24) is 4.90 Å². The lowest BCUT2D eigenvalue weighted by Gasteiger charge is -2.36. The van der Waals surface area contributed by atoms with Gasteiger partial charge in [0.05, 0.1) is 0 Å². The second-order valence-corrected chi connectivity index (χ2v) is 9.36. The van der Waals surface area contributed by atoms with Crippen LogP contribution in [0.1, 0.15) is 48.9 Å². The van der Waals surface area contributed by atoms with Crippen LogP contribution in [-0.4, -0.2) is 28.6 Å². The molecule has 0 amide bonds. The number of rotatable bonds is 8. The third kappa shape index (κ3) is 4.66. The maximum absolute atomic E-state index is 11.4. The Balaban J connectivity index is 0.00000304. The van der Waals surface area contributed by atoms with Crippen LogP contribution >= 0.6 is 12.4 Å². The lowest BCUT2D eigenvalue weighted by Crippen LogP contribution is -2.43. The number of aryl methyl sites for hydroxylation is 1. The van der Waals surface area contributed by atoms with Crippen molar-refractivity contribution in [3.8, 4) is 5.75 Å². The van der Waals surface area contributed by atoms with Crippen LogP contribution < -0.4 is 4.74 Å². The maximum atomic E-state index is 11.4. The highest BCUT2D eigenvalue weighted by atomic mass is 35.5. The number of carboxylic acid groups (broad SMARTS) is 1. The lowest BCUT2D eigenvalue weighted by atomic mass is 9.83. The Morgan fingerprint density at radius 2 is 1.64 bits per heavy atom. The number of benzene rings is 3. The van der Waals surface area contributed by atoms with E-state index in [1.165, 1.54) is 22.3 Å². The zero-order chi connectivity index (χ0) is 24.4. The van der Waals surface area contributed by atoms with Crippen molar-refractivity contribution in [2.24, 2.45) is 0 Å². The first-order valence-electron chi connectivity index (χ1n) is 12.3. The summed E-state index contributed by atoms with van der Waals surface area (Å²) >= 11 is 0. The molecular formula is C31H32ClNO3. The number of nitrogens with zero attached hydrogens (tertiary/aromatic N) is 1. The molecule has 5 rings (SSSR count). The number of fused-ring (bicyclic) bond motifs is 1. The minimum Gasteiger partial charge on any atom is -0.479 e. The lowest BCUT2D eigenvalue weighted by molar-refractivity contribution is -0.141. The molecule has 4 nitrogen and oxygen atoms in total. The third-order valence-electron chi connectivity index (χ3n) is 7.42. The second kappa shape index (κ2) is 10.6. The van der Waals surface area contributed by atoms with Gasteiger partial charge in [0, 0.05) is 6.54 Å². The number of halogens is 1. The summed E-state index contributed by atoms with van der Waals surface area (Å²) in [7, 11) is 0. The average Bonchev–Trinajstić information content (AvgIpc) is 2.87. The highest BCUT2D eigenvalue weighted by Gasteiger charge is 2.35. The van der Waals surface area contributed by atoms with E-state index in [1.807, 2.05) is 23.2 Å². The molecule has 0 aromatic heterocycles. The molecule has 3 aromatic carbocycles. The molecule has 2 aliphatic rings. The van der Waals surface area contributed by atoms with Gasteiger partial charge in [-0.3, -0.25) is 0 Å². The molecule has 3 aromatic rings. The number of aliphatic carboxylic acids is 1. The van der Waals surface area contributed by atoms with E-state index in [0.717, 1.165) is 36.1 Å². The summed E-state index contributed by atoms with van der Waals surface area (Å²) in [6, 6.07) is 26.8. The second-order valence-electron chi connectivity index (χ2n) is 9.36. The predicted octanol–water partition coefficient (Wildman–Crippen LogP) is 6.84. The fourth-order valence-electron chi connectivity index (χ4n) is 5.34. The van der Waals surface area contributed by atoms with Crippen LogP contribution in [0.4, 0.5) is 0 Å². The quantitative estimate of drug-likeness (QED) is 0.367. The molecule has 1 heterocycles. The smallest absolute Gasteiger partial charge is 0.330 e. The van der Waals surface area contributed by atoms with Gasteiger partial charge in [-0.05, 0) is 84.0 Å². The molecule has 1 N–H and O–H groups in total. The number of hydrogen-bond donors (Lipinski definition) is 1. The number of allylic oxidation sites excluding steroid dienone is 1. The van der Waals surface area contributed by atoms with Crippen molar-refractivity contribution in [2.75, 3.05) is 6.54 Å². The van der Waals surface area contributed by atoms with E-state index in [9.17, 15) is 9.90 Å². The molecule has 36 heavy (non-hydrogen) atoms. The molecule has 1 aliphatic carbocycles. The third-order valence-corrected chi connectivity index (χ3v) is 7.42. The van der Waals surface area contributed by atoms with Crippen molar-refractivity contribution < 1.29 is 14.6 Å². The molecule has 0 saturated heterocycles. The molecule has 0 bridgehead atoms. The monoisotopic (exact) mass is 501 g/mol. The fourth-order valence-corrected chi connectivity index (χ4v) is 5.34. The molecule has 0 saturated carbocycles. The average molecular weight is 502 g/mol. The largest absolute Gasteiger partial charge is 0.479 e. The summed E-state index contributed by atoms with van der Waals surface area (Å²) < 4.78 is 6.88. The van der Waals surface area contributed by atoms with Gasteiger partial charge in [0.25, 0.3) is 0 Å². The van der Waals surface area contributed by atoms with E-state index in [0.29, 0.717) is 6.54 Å². The van der Waals surface area contributed by atoms with Crippen molar-refractivity contribution in [3.63, 3.8) is 0 Å². The first-order valence-corrected chi connectivity index (χ1v) is 12.3. The van der Waals surface area contributed by atoms with Crippen molar-refractivity contribution >= 4 is 23.9 Å². The van der Waals surface area contributed by atoms with Gasteiger partial charge in [0.15, 0.2) is 5.60 Å². The van der Waals surface area contributed by atoms with Crippen LogP contribution in [0.25, 0.3) is 5.57 Å². The fraction of sp³-hybridized carbons (Fsp3) is 0.258. The molecule has 0 fully saturated rings. The maximum Gasteiger partial charge on any atom is 0.330 e. The normalized spacial score (nSPS) is 16.6. The van der Waals surface area contributed by atoms with Crippen molar-refractivity contribution in [1.29, 1.82) is 0 Å². The van der Waals surface area contributed by atoms with E-state index in [4.69, 9.17) is 4.74 Å². The Morgan fingerprint density at radius 3 is 2.17 bits per heavy atom. The topological polar surface area (TPSA) is 49.8 Å². The molecule has 1 atom stereocenters. The van der Waals surface area contributed by atoms with Gasteiger partial charge >= 0.3 is 5.97 Å². The molecule has 5 heteroatoms. The summed E-state index contributed by atoms with van der Waals surface area (Å²) in [5, 5.41) is 9.34. The Morgan fingerprint density at radius 1 is 1.00 bits per heavy atom. The number of carbonyl (C=O) groups is 1. The Kier molecular flexibility index (Phi) is 7.56. The first-order chi connectivity index (χ1) is 17.0. The zero-order valence-electron chi connectivity index (χ0n) is 20.7. The first kappa shape index (κ1) is 25.6. The van der Waals surface area contributed by atoms with Crippen LogP contribution in [0, 0.1) is 0 Å². The van der Waals surface area contributed by atoms with Gasteiger partial charge < -0.3 is 14.7 Å². The zero-order valence-corrected chi connectivity index (χ0v) is 21.5. The van der Waals surface area contributed by atoms with Gasteiger partial charge in [0.1, 0.15) is 11.8 Å². The van der Waals surface area contributed by atoms with Gasteiger partial charge in [-0.2, -0.15) is 0 Å². The minimum absolute atomic E-state index is 0. The molecule has 0 radical (unpaired) electrons. The van der Waals surface area contributed by atoms with Crippen LogP contribution in [0.2, 0.25) is 0 Å². The van der Waals surface area contributed by atoms with Gasteiger partial charge in [-0.25, -0.2) is 4.79 Å². The van der Waals surface area contributed by atoms with E-state index >= 15 is 0 Å². The predicted molar refractivity (Wildman–Crippen MR) is 146 cm³/mol. The van der Waals surface area contributed by atoms with Crippen molar-refractivity contribution in [2.45, 2.75) is 44.8 Å². The Labute approximate surface area is 219 Å². The minimum atomic E-state index is -0.792. The molecule has 0 spiro atoms. The van der Waals surface area contributed by atoms with Gasteiger partial charge in [0.2, 0.25) is 0 Å². The number of ether oxygens (including phenoxy) is 1. The summed E-state index contributed by atoms with van der Waals surface area (Å²) in [5.74, 6) is 0.0752. The van der Waals surface area contributed by atoms with E-state index in [-0.39, 0.29) is 12.4 Å². The van der Waals surface area contributed by atoms with Gasteiger partial charge in [-0.1, -0.05) is 73.7 Å². The van der Waals surface area contributed by atoms with Crippen LogP contribution in [0.3, 0.4) is 0 Å². The summed E-state index contributed by atoms with van der Waals surface area (Å²) in [6.45, 7) is 4.99. The molecule has 186 valence electrons. The van der Waals surface area contributed by atoms with Crippen LogP contribution in [-0.2, 0) is 16.8 Å². The number of hydrogen-bond acceptors (Lipinski definition) is 3. The standard InChI is InChI=1S/C31H31NO3.ClH/c1-3-31(25-10-6-4-7-11-25,26-12-8-5-9-13-26)35-27-16-17-28-22(2)24(15-14-23(28)20-27)21-32-19-18-29(32)30(33)34;/h4-13,16-20,29H,3,14-15,21H2,1-2H3,(H,33,34);1H. The highest BCUT2D eigenvalue weighted by molar-refractivity contribution is 5.85. The van der Waals surface area contributed by atoms with Crippen LogP contribution in [0.15, 0.2) is 96.7 Å². The highest BCUT2D eigenvalue weighted by Crippen LogP contribution is 2.40. The SMILES string of the molecule is CCC(Oc1ccc2c(c1)CCC(CN1C=CC1C(=O)O)=C2C)(c1ccccc1)c1ccccc1.Cl. The Hall–Kier alpha value is -3.50. The molecular weight excluding hydrogens is 470 g/mol. The van der Waals surface area contributed by atoms with E-state index in [1.54, 1.807) is 6.08 Å². The molecule has 1 unspecified atom stereocenters. The summed E-state index contributed by atoms with van der Waals surface area (Å²) in [6.07, 6.45) is 6.26. The van der Waals surface area contributed by atoms with Gasteiger partial charge in [-0.15, -0.1) is 12.4 Å². The molecule has 1 aliphatic heterocycles. The van der Waals surface area contributed by atoms with E-state index in [2.05, 4.69) is 80.6 Å². The Bertz CT molecular complexity index is 1240. The van der Waals surface area contributed by atoms with Crippen molar-refractivity contribution in [3.05, 3.63) is 119 Å². The number of carboxylic acids is 1. The summed E-state index contributed by atoms with van der Waals surface area (Å²) in [4.78, 5) is 13.3. The summed E-state index contributed by atoms with van der Waals surface area (Å²) in [5.41, 5.74) is 6.77. The van der Waals surface area contributed by atoms with E-state index < -0.39 is 17.6 Å². The van der Waals surface area contributed by atoms with Crippen LogP contribution in [0.5, 0.6) is 5.75 Å².